The molecule has 0 aliphatic rings. The normalized spacial score (nSPS) is 10.0. The van der Waals surface area contributed by atoms with Gasteiger partial charge in [0.1, 0.15) is 11.5 Å². The minimum Gasteiger partial charge on any atom is -0.426 e. The van der Waals surface area contributed by atoms with Crippen molar-refractivity contribution in [3.05, 3.63) is 90.5 Å². The molecule has 0 saturated carbocycles. The van der Waals surface area contributed by atoms with Gasteiger partial charge >= 0.3 is 12.1 Å². The summed E-state index contributed by atoms with van der Waals surface area (Å²) in [4.78, 5) is 23.8. The maximum atomic E-state index is 11.9. The molecule has 0 unspecified atom stereocenters. The van der Waals surface area contributed by atoms with Crippen molar-refractivity contribution in [2.45, 2.75) is 6.42 Å². The molecular weight excluding hydrogens is 330 g/mol. The third-order valence-corrected chi connectivity index (χ3v) is 3.48. The number of hydrogen-bond donors (Lipinski definition) is 1. The van der Waals surface area contributed by atoms with Gasteiger partial charge in [0.15, 0.2) is 0 Å². The van der Waals surface area contributed by atoms with Gasteiger partial charge in [-0.1, -0.05) is 48.5 Å². The molecule has 0 aliphatic carbocycles. The Hall–Kier alpha value is -3.60. The van der Waals surface area contributed by atoms with E-state index in [0.717, 1.165) is 5.56 Å². The highest BCUT2D eigenvalue weighted by atomic mass is 16.6. The maximum Gasteiger partial charge on any atom is 0.417 e. The van der Waals surface area contributed by atoms with Crippen LogP contribution >= 0.6 is 0 Å². The molecule has 0 heterocycles. The van der Waals surface area contributed by atoms with Crippen LogP contribution in [-0.2, 0) is 11.2 Å². The molecule has 0 spiro atoms. The van der Waals surface area contributed by atoms with Crippen LogP contribution in [0.2, 0.25) is 0 Å². The summed E-state index contributed by atoms with van der Waals surface area (Å²) in [7, 11) is 0. The van der Waals surface area contributed by atoms with Crippen molar-refractivity contribution < 1.29 is 19.1 Å². The number of amides is 1. The molecule has 5 nitrogen and oxygen atoms in total. The lowest BCUT2D eigenvalue weighted by Crippen LogP contribution is -2.16. The SMILES string of the molecule is O=C(Cc1ccc(NC(=O)Oc2ccccc2)cc1)Oc1ccccc1. The van der Waals surface area contributed by atoms with Crippen molar-refractivity contribution in [1.82, 2.24) is 0 Å². The number of esters is 1. The summed E-state index contributed by atoms with van der Waals surface area (Å²) in [6, 6.07) is 24.6. The summed E-state index contributed by atoms with van der Waals surface area (Å²) in [5, 5.41) is 2.63. The van der Waals surface area contributed by atoms with E-state index in [-0.39, 0.29) is 12.4 Å². The predicted octanol–water partition coefficient (Wildman–Crippen LogP) is 4.45. The number of benzene rings is 3. The molecule has 0 fully saturated rings. The van der Waals surface area contributed by atoms with Gasteiger partial charge in [0.2, 0.25) is 0 Å². The zero-order chi connectivity index (χ0) is 18.2. The van der Waals surface area contributed by atoms with E-state index >= 15 is 0 Å². The number of para-hydroxylation sites is 2. The summed E-state index contributed by atoms with van der Waals surface area (Å²) >= 11 is 0. The van der Waals surface area contributed by atoms with Crippen LogP contribution < -0.4 is 14.8 Å². The number of ether oxygens (including phenoxy) is 2. The van der Waals surface area contributed by atoms with Crippen LogP contribution in [-0.4, -0.2) is 12.1 Å². The second-order valence-electron chi connectivity index (χ2n) is 5.49. The van der Waals surface area contributed by atoms with Crippen molar-refractivity contribution >= 4 is 17.7 Å². The minimum absolute atomic E-state index is 0.142. The molecule has 1 N–H and O–H groups in total. The van der Waals surface area contributed by atoms with E-state index in [1.807, 2.05) is 12.1 Å². The Balaban J connectivity index is 1.51. The van der Waals surface area contributed by atoms with Gasteiger partial charge in [-0.3, -0.25) is 10.1 Å². The highest BCUT2D eigenvalue weighted by molar-refractivity contribution is 5.86. The fourth-order valence-corrected chi connectivity index (χ4v) is 2.27. The zero-order valence-corrected chi connectivity index (χ0v) is 13.9. The van der Waals surface area contributed by atoms with Crippen LogP contribution in [0, 0.1) is 0 Å². The monoisotopic (exact) mass is 347 g/mol. The average molecular weight is 347 g/mol. The first-order chi connectivity index (χ1) is 12.7. The van der Waals surface area contributed by atoms with Gasteiger partial charge in [0.05, 0.1) is 6.42 Å². The van der Waals surface area contributed by atoms with Crippen LogP contribution in [0.5, 0.6) is 11.5 Å². The summed E-state index contributed by atoms with van der Waals surface area (Å²) < 4.78 is 10.4. The number of carbonyl (C=O) groups excluding carboxylic acids is 2. The van der Waals surface area contributed by atoms with Crippen molar-refractivity contribution in [2.75, 3.05) is 5.32 Å². The number of nitrogens with one attached hydrogen (secondary N) is 1. The van der Waals surface area contributed by atoms with E-state index in [0.29, 0.717) is 17.2 Å². The van der Waals surface area contributed by atoms with E-state index in [4.69, 9.17) is 9.47 Å². The standard InChI is InChI=1S/C21H17NO4/c23-20(25-18-7-3-1-4-8-18)15-16-11-13-17(14-12-16)22-21(24)26-19-9-5-2-6-10-19/h1-14H,15H2,(H,22,24). The molecule has 130 valence electrons. The van der Waals surface area contributed by atoms with Crippen LogP contribution in [0.1, 0.15) is 5.56 Å². The molecule has 0 bridgehead atoms. The molecular formula is C21H17NO4. The smallest absolute Gasteiger partial charge is 0.417 e. The molecule has 3 aromatic carbocycles. The van der Waals surface area contributed by atoms with E-state index in [9.17, 15) is 9.59 Å². The minimum atomic E-state index is -0.576. The summed E-state index contributed by atoms with van der Waals surface area (Å²) in [5.41, 5.74) is 1.36. The van der Waals surface area contributed by atoms with Crippen LogP contribution in [0.4, 0.5) is 10.5 Å². The molecule has 3 aromatic rings. The van der Waals surface area contributed by atoms with Gasteiger partial charge in [-0.05, 0) is 42.0 Å². The zero-order valence-electron chi connectivity index (χ0n) is 13.9. The molecule has 1 amide bonds. The van der Waals surface area contributed by atoms with Gasteiger partial charge in [-0.15, -0.1) is 0 Å². The highest BCUT2D eigenvalue weighted by Gasteiger charge is 2.08. The van der Waals surface area contributed by atoms with Crippen LogP contribution in [0.25, 0.3) is 0 Å². The second kappa shape index (κ2) is 8.48. The highest BCUT2D eigenvalue weighted by Crippen LogP contribution is 2.14. The topological polar surface area (TPSA) is 64.6 Å². The first-order valence-corrected chi connectivity index (χ1v) is 8.07. The molecule has 0 atom stereocenters. The van der Waals surface area contributed by atoms with Crippen LogP contribution in [0.15, 0.2) is 84.9 Å². The maximum absolute atomic E-state index is 11.9. The lowest BCUT2D eigenvalue weighted by Gasteiger charge is -2.08. The quantitative estimate of drug-likeness (QED) is 0.547. The Kier molecular flexibility index (Phi) is 5.62. The summed E-state index contributed by atoms with van der Waals surface area (Å²) in [6.45, 7) is 0. The fourth-order valence-electron chi connectivity index (χ4n) is 2.27. The first kappa shape index (κ1) is 17.2. The predicted molar refractivity (Wildman–Crippen MR) is 98.3 cm³/mol. The molecule has 0 radical (unpaired) electrons. The van der Waals surface area contributed by atoms with Gasteiger partial charge in [0.25, 0.3) is 0 Å². The Labute approximate surface area is 151 Å². The van der Waals surface area contributed by atoms with Gasteiger partial charge in [0, 0.05) is 5.69 Å². The number of anilines is 1. The van der Waals surface area contributed by atoms with Gasteiger partial charge in [-0.25, -0.2) is 4.79 Å². The fraction of sp³-hybridized carbons (Fsp3) is 0.0476. The molecule has 0 aliphatic heterocycles. The molecule has 26 heavy (non-hydrogen) atoms. The van der Waals surface area contributed by atoms with E-state index in [1.165, 1.54) is 0 Å². The molecule has 0 saturated heterocycles. The Morgan fingerprint density at radius 3 is 1.81 bits per heavy atom. The Bertz CT molecular complexity index is 787. The summed E-state index contributed by atoms with van der Waals surface area (Å²) in [6.07, 6.45) is -0.434. The van der Waals surface area contributed by atoms with Crippen molar-refractivity contribution in [2.24, 2.45) is 0 Å². The summed E-state index contributed by atoms with van der Waals surface area (Å²) in [5.74, 6) is 0.630. The molecule has 5 heteroatoms. The van der Waals surface area contributed by atoms with E-state index in [1.54, 1.807) is 72.8 Å². The lowest BCUT2D eigenvalue weighted by atomic mass is 10.1. The Morgan fingerprint density at radius 1 is 0.692 bits per heavy atom. The van der Waals surface area contributed by atoms with Crippen LogP contribution in [0.3, 0.4) is 0 Å². The van der Waals surface area contributed by atoms with E-state index < -0.39 is 6.09 Å². The second-order valence-corrected chi connectivity index (χ2v) is 5.49. The van der Waals surface area contributed by atoms with E-state index in [2.05, 4.69) is 5.32 Å². The van der Waals surface area contributed by atoms with Crippen molar-refractivity contribution in [3.63, 3.8) is 0 Å². The third kappa shape index (κ3) is 5.21. The van der Waals surface area contributed by atoms with Crippen molar-refractivity contribution in [1.29, 1.82) is 0 Å². The number of carbonyl (C=O) groups is 2. The van der Waals surface area contributed by atoms with Gasteiger partial charge in [-0.2, -0.15) is 0 Å². The van der Waals surface area contributed by atoms with Gasteiger partial charge < -0.3 is 9.47 Å². The average Bonchev–Trinajstić information content (AvgIpc) is 2.65. The lowest BCUT2D eigenvalue weighted by molar-refractivity contribution is -0.133. The molecule has 3 rings (SSSR count). The largest absolute Gasteiger partial charge is 0.426 e. The molecule has 0 aromatic heterocycles. The first-order valence-electron chi connectivity index (χ1n) is 8.07. The number of rotatable bonds is 5. The number of hydrogen-bond acceptors (Lipinski definition) is 4. The Morgan fingerprint density at radius 2 is 1.23 bits per heavy atom. The third-order valence-electron chi connectivity index (χ3n) is 3.48. The van der Waals surface area contributed by atoms with Crippen molar-refractivity contribution in [3.8, 4) is 11.5 Å².